The number of aromatic nitrogens is 1. The summed E-state index contributed by atoms with van der Waals surface area (Å²) in [5.41, 5.74) is 1.06. The number of hydrogen-bond donors (Lipinski definition) is 2. The van der Waals surface area contributed by atoms with Crippen LogP contribution in [0, 0.1) is 0 Å². The molecule has 1 aromatic rings. The number of nitrogens with zero attached hydrogens (tertiary/aromatic N) is 1. The van der Waals surface area contributed by atoms with Gasteiger partial charge in [0, 0.05) is 31.7 Å². The van der Waals surface area contributed by atoms with Crippen molar-refractivity contribution in [1.82, 2.24) is 15.0 Å². The topological polar surface area (TPSA) is 105 Å². The van der Waals surface area contributed by atoms with Crippen molar-refractivity contribution in [1.29, 1.82) is 0 Å². The fraction of sp³-hybridized carbons (Fsp3) is 0.583. The summed E-state index contributed by atoms with van der Waals surface area (Å²) in [4.78, 5) is 3.99. The summed E-state index contributed by atoms with van der Waals surface area (Å²) in [5.74, 6) is -0.753. The predicted molar refractivity (Wildman–Crippen MR) is 82.1 cm³/mol. The maximum absolute atomic E-state index is 11.5. The highest BCUT2D eigenvalue weighted by molar-refractivity contribution is 7.93. The van der Waals surface area contributed by atoms with Gasteiger partial charge in [-0.05, 0) is 24.6 Å². The molecule has 0 saturated carbocycles. The summed E-state index contributed by atoms with van der Waals surface area (Å²) in [6, 6.07) is 3.81. The summed E-state index contributed by atoms with van der Waals surface area (Å²) in [7, 11) is -6.79. The molecule has 0 amide bonds. The molecule has 2 N–H and O–H groups in total. The summed E-state index contributed by atoms with van der Waals surface area (Å²) < 4.78 is 47.3. The molecule has 1 rings (SSSR count). The van der Waals surface area contributed by atoms with Gasteiger partial charge in [-0.25, -0.2) is 21.6 Å². The molecule has 0 aliphatic rings. The van der Waals surface area contributed by atoms with Crippen molar-refractivity contribution in [3.8, 4) is 0 Å². The van der Waals surface area contributed by atoms with E-state index in [0.717, 1.165) is 11.8 Å². The lowest BCUT2D eigenvalue weighted by atomic mass is 10.3. The maximum atomic E-state index is 11.5. The first kappa shape index (κ1) is 18.0. The van der Waals surface area contributed by atoms with Crippen molar-refractivity contribution in [3.63, 3.8) is 0 Å². The second-order valence-electron chi connectivity index (χ2n) is 4.73. The first-order chi connectivity index (χ1) is 9.79. The van der Waals surface area contributed by atoms with Gasteiger partial charge in [-0.3, -0.25) is 4.98 Å². The highest BCUT2D eigenvalue weighted by atomic mass is 32.2. The van der Waals surface area contributed by atoms with Gasteiger partial charge in [0.2, 0.25) is 10.0 Å². The van der Waals surface area contributed by atoms with Crippen LogP contribution in [-0.4, -0.2) is 52.7 Å². The number of hydrogen-bond acceptors (Lipinski definition) is 6. The normalized spacial score (nSPS) is 12.4. The van der Waals surface area contributed by atoms with Crippen molar-refractivity contribution < 1.29 is 16.8 Å². The second-order valence-corrected chi connectivity index (χ2v) is 8.92. The fourth-order valence-electron chi connectivity index (χ4n) is 1.51. The van der Waals surface area contributed by atoms with E-state index in [9.17, 15) is 16.8 Å². The van der Waals surface area contributed by atoms with Gasteiger partial charge < -0.3 is 5.32 Å². The van der Waals surface area contributed by atoms with Crippen molar-refractivity contribution in [2.45, 2.75) is 13.0 Å². The van der Waals surface area contributed by atoms with Crippen LogP contribution < -0.4 is 10.0 Å². The molecule has 0 saturated heterocycles. The Hall–Kier alpha value is -1.03. The molecule has 1 heterocycles. The van der Waals surface area contributed by atoms with Crippen LogP contribution in [0.2, 0.25) is 0 Å². The standard InChI is InChI=1S/C12H21N3O4S2/c1-20(16,17)8-9-21(18,19)15-7-3-6-14-11-12-4-2-5-13-10-12/h2,4-5,10,14-15H,3,6-9,11H2,1H3. The van der Waals surface area contributed by atoms with Gasteiger partial charge in [-0.15, -0.1) is 0 Å². The Morgan fingerprint density at radius 1 is 1.14 bits per heavy atom. The van der Waals surface area contributed by atoms with Crippen LogP contribution in [0.15, 0.2) is 24.5 Å². The molecule has 9 heteroatoms. The SMILES string of the molecule is CS(=O)(=O)CCS(=O)(=O)NCCCNCc1cccnc1. The average Bonchev–Trinajstić information content (AvgIpc) is 2.41. The quantitative estimate of drug-likeness (QED) is 0.560. The van der Waals surface area contributed by atoms with Crippen LogP contribution in [0.3, 0.4) is 0 Å². The molecule has 0 atom stereocenters. The zero-order valence-electron chi connectivity index (χ0n) is 11.9. The van der Waals surface area contributed by atoms with Crippen molar-refractivity contribution in [2.75, 3.05) is 30.9 Å². The summed E-state index contributed by atoms with van der Waals surface area (Å²) in [6.07, 6.45) is 5.11. The van der Waals surface area contributed by atoms with Gasteiger partial charge in [-0.1, -0.05) is 6.07 Å². The van der Waals surface area contributed by atoms with Crippen molar-refractivity contribution >= 4 is 19.9 Å². The minimum absolute atomic E-state index is 0.284. The molecule has 0 fully saturated rings. The molecule has 0 aromatic carbocycles. The molecule has 21 heavy (non-hydrogen) atoms. The third kappa shape index (κ3) is 9.51. The van der Waals surface area contributed by atoms with Crippen LogP contribution in [0.1, 0.15) is 12.0 Å². The third-order valence-electron chi connectivity index (χ3n) is 2.63. The Labute approximate surface area is 126 Å². The minimum atomic E-state index is -3.52. The summed E-state index contributed by atoms with van der Waals surface area (Å²) >= 11 is 0. The van der Waals surface area contributed by atoms with E-state index < -0.39 is 25.6 Å². The minimum Gasteiger partial charge on any atom is -0.313 e. The van der Waals surface area contributed by atoms with E-state index in [1.54, 1.807) is 12.4 Å². The number of sulfonamides is 1. The molecule has 0 unspecified atom stereocenters. The first-order valence-corrected chi connectivity index (χ1v) is 10.2. The van der Waals surface area contributed by atoms with Gasteiger partial charge in [0.1, 0.15) is 9.84 Å². The molecular formula is C12H21N3O4S2. The van der Waals surface area contributed by atoms with E-state index in [1.807, 2.05) is 12.1 Å². The Kier molecular flexibility index (Phi) is 7.23. The lowest BCUT2D eigenvalue weighted by molar-refractivity contribution is 0.572. The zero-order valence-corrected chi connectivity index (χ0v) is 13.6. The lowest BCUT2D eigenvalue weighted by Gasteiger charge is -2.07. The number of sulfone groups is 1. The molecule has 7 nitrogen and oxygen atoms in total. The summed E-state index contributed by atoms with van der Waals surface area (Å²) in [6.45, 7) is 1.62. The molecule has 0 bridgehead atoms. The monoisotopic (exact) mass is 335 g/mol. The number of rotatable bonds is 10. The Morgan fingerprint density at radius 3 is 2.52 bits per heavy atom. The zero-order chi connectivity index (χ0) is 15.8. The molecular weight excluding hydrogens is 314 g/mol. The smallest absolute Gasteiger partial charge is 0.212 e. The van der Waals surface area contributed by atoms with Gasteiger partial charge in [0.15, 0.2) is 0 Å². The Balaban J connectivity index is 2.13. The number of pyridine rings is 1. The average molecular weight is 335 g/mol. The highest BCUT2D eigenvalue weighted by Crippen LogP contribution is 1.94. The van der Waals surface area contributed by atoms with Gasteiger partial charge in [-0.2, -0.15) is 0 Å². The maximum Gasteiger partial charge on any atom is 0.212 e. The van der Waals surface area contributed by atoms with E-state index in [4.69, 9.17) is 0 Å². The molecule has 1 aromatic heterocycles. The molecule has 120 valence electrons. The first-order valence-electron chi connectivity index (χ1n) is 6.53. The van der Waals surface area contributed by atoms with E-state index >= 15 is 0 Å². The molecule has 0 radical (unpaired) electrons. The molecule has 0 aliphatic carbocycles. The van der Waals surface area contributed by atoms with E-state index in [1.165, 1.54) is 0 Å². The Morgan fingerprint density at radius 2 is 1.90 bits per heavy atom. The van der Waals surface area contributed by atoms with Crippen molar-refractivity contribution in [2.24, 2.45) is 0 Å². The summed E-state index contributed by atoms with van der Waals surface area (Å²) in [5, 5.41) is 3.17. The van der Waals surface area contributed by atoms with Crippen molar-refractivity contribution in [3.05, 3.63) is 30.1 Å². The van der Waals surface area contributed by atoms with Crippen LogP contribution in [0.25, 0.3) is 0 Å². The molecule has 0 aliphatic heterocycles. The van der Waals surface area contributed by atoms with Crippen LogP contribution in [-0.2, 0) is 26.4 Å². The van der Waals surface area contributed by atoms with Gasteiger partial charge >= 0.3 is 0 Å². The Bertz CT molecular complexity index is 615. The fourth-order valence-corrected chi connectivity index (χ4v) is 4.20. The highest BCUT2D eigenvalue weighted by Gasteiger charge is 2.13. The van der Waals surface area contributed by atoms with Gasteiger partial charge in [0.25, 0.3) is 0 Å². The number of nitrogens with one attached hydrogen (secondary N) is 2. The molecule has 0 spiro atoms. The third-order valence-corrected chi connectivity index (χ3v) is 5.22. The largest absolute Gasteiger partial charge is 0.313 e. The van der Waals surface area contributed by atoms with E-state index in [-0.39, 0.29) is 12.3 Å². The van der Waals surface area contributed by atoms with Gasteiger partial charge in [0.05, 0.1) is 11.5 Å². The van der Waals surface area contributed by atoms with E-state index in [2.05, 4.69) is 15.0 Å². The van der Waals surface area contributed by atoms with E-state index in [0.29, 0.717) is 19.5 Å². The second kappa shape index (κ2) is 8.42. The van der Waals surface area contributed by atoms with Crippen LogP contribution in [0.5, 0.6) is 0 Å². The predicted octanol–water partition coefficient (Wildman–Crippen LogP) is -0.475. The van der Waals surface area contributed by atoms with Crippen LogP contribution >= 0.6 is 0 Å². The lowest BCUT2D eigenvalue weighted by Crippen LogP contribution is -2.31. The van der Waals surface area contributed by atoms with Crippen LogP contribution in [0.4, 0.5) is 0 Å².